The van der Waals surface area contributed by atoms with Gasteiger partial charge in [-0.3, -0.25) is 14.7 Å². The van der Waals surface area contributed by atoms with Gasteiger partial charge in [-0.1, -0.05) is 40.6 Å². The number of rotatable bonds is 6. The summed E-state index contributed by atoms with van der Waals surface area (Å²) in [6, 6.07) is 14.4. The highest BCUT2D eigenvalue weighted by molar-refractivity contribution is 7.22. The Balaban J connectivity index is 1.63. The first-order chi connectivity index (χ1) is 14.5. The molecule has 0 saturated carbocycles. The lowest BCUT2D eigenvalue weighted by molar-refractivity contribution is -0.120. The predicted molar refractivity (Wildman–Crippen MR) is 122 cm³/mol. The Morgan fingerprint density at radius 1 is 1.13 bits per heavy atom. The van der Waals surface area contributed by atoms with Crippen molar-refractivity contribution in [1.82, 2.24) is 9.97 Å². The Morgan fingerprint density at radius 2 is 1.93 bits per heavy atom. The molecule has 0 atom stereocenters. The highest BCUT2D eigenvalue weighted by Gasteiger charge is 2.22. The molecule has 8 heteroatoms. The molecule has 0 fully saturated rings. The Labute approximate surface area is 187 Å². The smallest absolute Gasteiger partial charge is 0.267 e. The number of halogens is 2. The predicted octanol–water partition coefficient (Wildman–Crippen LogP) is 5.92. The second-order valence-corrected chi connectivity index (χ2v) is 8.53. The monoisotopic (exact) mass is 457 g/mol. The fourth-order valence-corrected chi connectivity index (χ4v) is 4.51. The quantitative estimate of drug-likeness (QED) is 0.360. The van der Waals surface area contributed by atoms with Crippen LogP contribution in [-0.2, 0) is 11.3 Å². The first-order valence-electron chi connectivity index (χ1n) is 9.14. The second kappa shape index (κ2) is 9.00. The Kier molecular flexibility index (Phi) is 6.18. The first-order valence-corrected chi connectivity index (χ1v) is 10.7. The van der Waals surface area contributed by atoms with Gasteiger partial charge >= 0.3 is 0 Å². The van der Waals surface area contributed by atoms with E-state index in [2.05, 4.69) is 4.98 Å². The number of anilines is 1. The molecular weight excluding hydrogens is 441 g/mol. The average molecular weight is 458 g/mol. The fraction of sp³-hybridized carbons (Fsp3) is 0.136. The zero-order valence-electron chi connectivity index (χ0n) is 16.0. The first kappa shape index (κ1) is 20.6. The number of hydrogen-bond acceptors (Lipinski definition) is 5. The summed E-state index contributed by atoms with van der Waals surface area (Å²) in [6.45, 7) is 2.16. The van der Waals surface area contributed by atoms with Gasteiger partial charge in [0.2, 0.25) is 0 Å². The van der Waals surface area contributed by atoms with Crippen LogP contribution >= 0.6 is 34.5 Å². The van der Waals surface area contributed by atoms with Gasteiger partial charge in [-0.15, -0.1) is 0 Å². The van der Waals surface area contributed by atoms with Crippen LogP contribution in [0.5, 0.6) is 5.75 Å². The molecule has 0 unspecified atom stereocenters. The van der Waals surface area contributed by atoms with Gasteiger partial charge in [0, 0.05) is 22.4 Å². The summed E-state index contributed by atoms with van der Waals surface area (Å²) >= 11 is 13.5. The number of benzene rings is 2. The molecule has 0 spiro atoms. The topological polar surface area (TPSA) is 55.3 Å². The number of fused-ring (bicyclic) bond motifs is 1. The average Bonchev–Trinajstić information content (AvgIpc) is 3.16. The van der Waals surface area contributed by atoms with Crippen LogP contribution in [0.4, 0.5) is 5.13 Å². The van der Waals surface area contributed by atoms with Gasteiger partial charge in [0.05, 0.1) is 16.8 Å². The van der Waals surface area contributed by atoms with Gasteiger partial charge in [0.1, 0.15) is 5.75 Å². The number of aromatic nitrogens is 2. The molecule has 2 aromatic carbocycles. The summed E-state index contributed by atoms with van der Waals surface area (Å²) in [5.41, 5.74) is 2.69. The lowest BCUT2D eigenvalue weighted by Crippen LogP contribution is -2.34. The normalized spacial score (nSPS) is 10.9. The fourth-order valence-electron chi connectivity index (χ4n) is 2.95. The molecule has 2 aromatic heterocycles. The van der Waals surface area contributed by atoms with E-state index in [0.29, 0.717) is 27.5 Å². The number of pyridine rings is 1. The maximum Gasteiger partial charge on any atom is 0.267 e. The van der Waals surface area contributed by atoms with Gasteiger partial charge in [-0.25, -0.2) is 4.98 Å². The third-order valence-electron chi connectivity index (χ3n) is 4.41. The van der Waals surface area contributed by atoms with Crippen molar-refractivity contribution in [2.24, 2.45) is 0 Å². The maximum atomic E-state index is 13.1. The van der Waals surface area contributed by atoms with E-state index in [1.807, 2.05) is 31.2 Å². The second-order valence-electron chi connectivity index (χ2n) is 6.65. The maximum absolute atomic E-state index is 13.1. The molecule has 0 N–H and O–H groups in total. The van der Waals surface area contributed by atoms with E-state index in [1.54, 1.807) is 41.6 Å². The van der Waals surface area contributed by atoms with E-state index >= 15 is 0 Å². The van der Waals surface area contributed by atoms with E-state index < -0.39 is 0 Å². The number of hydrogen-bond donors (Lipinski definition) is 0. The van der Waals surface area contributed by atoms with Crippen LogP contribution < -0.4 is 9.64 Å². The number of nitrogens with zero attached hydrogens (tertiary/aromatic N) is 3. The summed E-state index contributed by atoms with van der Waals surface area (Å²) in [5.74, 6) is 0.359. The van der Waals surface area contributed by atoms with Crippen LogP contribution in [0, 0.1) is 6.92 Å². The number of thiazole rings is 1. The van der Waals surface area contributed by atoms with Crippen molar-refractivity contribution in [1.29, 1.82) is 0 Å². The van der Waals surface area contributed by atoms with Crippen molar-refractivity contribution in [3.8, 4) is 5.75 Å². The van der Waals surface area contributed by atoms with E-state index in [9.17, 15) is 4.79 Å². The van der Waals surface area contributed by atoms with Crippen LogP contribution in [0.2, 0.25) is 10.0 Å². The van der Waals surface area contributed by atoms with E-state index in [1.165, 1.54) is 11.3 Å². The van der Waals surface area contributed by atoms with Crippen LogP contribution in [-0.4, -0.2) is 22.5 Å². The molecule has 0 saturated heterocycles. The number of amides is 1. The molecule has 5 nitrogen and oxygen atoms in total. The van der Waals surface area contributed by atoms with Crippen LogP contribution in [0.25, 0.3) is 10.2 Å². The summed E-state index contributed by atoms with van der Waals surface area (Å²) < 4.78 is 6.60. The van der Waals surface area contributed by atoms with Crippen molar-refractivity contribution in [3.63, 3.8) is 0 Å². The molecule has 1 amide bonds. The third-order valence-corrected chi connectivity index (χ3v) is 5.91. The Morgan fingerprint density at radius 3 is 2.67 bits per heavy atom. The third kappa shape index (κ3) is 4.73. The van der Waals surface area contributed by atoms with Crippen molar-refractivity contribution in [3.05, 3.63) is 82.1 Å². The standard InChI is InChI=1S/C22H17Cl2N3O2S/c1-14-9-17(24)10-19-21(14)26-22(30-19)27(12-15-3-2-8-25-11-15)20(28)13-29-18-6-4-16(23)5-7-18/h2-11H,12-13H2,1H3. The number of carbonyl (C=O) groups excluding carboxylic acids is 1. The van der Waals surface area contributed by atoms with Crippen molar-refractivity contribution < 1.29 is 9.53 Å². The molecule has 4 rings (SSSR count). The summed E-state index contributed by atoms with van der Waals surface area (Å²) in [7, 11) is 0. The van der Waals surface area contributed by atoms with Gasteiger partial charge in [-0.2, -0.15) is 0 Å². The molecule has 30 heavy (non-hydrogen) atoms. The molecule has 4 aromatic rings. The van der Waals surface area contributed by atoms with Crippen LogP contribution in [0.15, 0.2) is 60.9 Å². The molecule has 0 bridgehead atoms. The van der Waals surface area contributed by atoms with Crippen molar-refractivity contribution in [2.45, 2.75) is 13.5 Å². The van der Waals surface area contributed by atoms with Gasteiger partial charge in [0.15, 0.2) is 11.7 Å². The lowest BCUT2D eigenvalue weighted by atomic mass is 10.2. The number of aryl methyl sites for hydroxylation is 1. The number of carbonyl (C=O) groups is 1. The molecular formula is C22H17Cl2N3O2S. The molecule has 0 radical (unpaired) electrons. The minimum absolute atomic E-state index is 0.127. The minimum atomic E-state index is -0.211. The zero-order valence-corrected chi connectivity index (χ0v) is 18.3. The lowest BCUT2D eigenvalue weighted by Gasteiger charge is -2.20. The largest absolute Gasteiger partial charge is 0.484 e. The molecule has 0 aliphatic rings. The van der Waals surface area contributed by atoms with Crippen LogP contribution in [0.1, 0.15) is 11.1 Å². The van der Waals surface area contributed by atoms with E-state index in [0.717, 1.165) is 21.3 Å². The Hall–Kier alpha value is -2.67. The molecule has 152 valence electrons. The van der Waals surface area contributed by atoms with Gasteiger partial charge in [-0.05, 0) is 60.5 Å². The SMILES string of the molecule is Cc1cc(Cl)cc2sc(N(Cc3cccnc3)C(=O)COc3ccc(Cl)cc3)nc12. The zero-order chi connectivity index (χ0) is 21.1. The molecule has 0 aliphatic heterocycles. The van der Waals surface area contributed by atoms with Crippen molar-refractivity contribution in [2.75, 3.05) is 11.5 Å². The van der Waals surface area contributed by atoms with Gasteiger partial charge < -0.3 is 4.74 Å². The van der Waals surface area contributed by atoms with E-state index in [-0.39, 0.29) is 12.5 Å². The van der Waals surface area contributed by atoms with Gasteiger partial charge in [0.25, 0.3) is 5.91 Å². The van der Waals surface area contributed by atoms with E-state index in [4.69, 9.17) is 32.9 Å². The van der Waals surface area contributed by atoms with Crippen LogP contribution in [0.3, 0.4) is 0 Å². The highest BCUT2D eigenvalue weighted by Crippen LogP contribution is 2.33. The summed E-state index contributed by atoms with van der Waals surface area (Å²) in [5, 5.41) is 1.84. The highest BCUT2D eigenvalue weighted by atomic mass is 35.5. The summed E-state index contributed by atoms with van der Waals surface area (Å²) in [4.78, 5) is 23.6. The molecule has 2 heterocycles. The summed E-state index contributed by atoms with van der Waals surface area (Å²) in [6.07, 6.45) is 3.43. The van der Waals surface area contributed by atoms with Crippen molar-refractivity contribution >= 4 is 55.8 Å². The Bertz CT molecular complexity index is 1180. The minimum Gasteiger partial charge on any atom is -0.484 e. The molecule has 0 aliphatic carbocycles. The number of ether oxygens (including phenoxy) is 1.